The molecule has 3 fully saturated rings. The summed E-state index contributed by atoms with van der Waals surface area (Å²) in [5.41, 5.74) is 3.35. The van der Waals surface area contributed by atoms with Gasteiger partial charge in [0, 0.05) is 13.4 Å². The number of nitrogens with one attached hydrogen (secondary N) is 1. The Morgan fingerprint density at radius 3 is 2.84 bits per heavy atom. The van der Waals surface area contributed by atoms with E-state index in [1.807, 2.05) is 19.9 Å². The molecule has 0 spiro atoms. The molecule has 1 unspecified atom stereocenters. The van der Waals surface area contributed by atoms with Crippen LogP contribution in [0.5, 0.6) is 0 Å². The van der Waals surface area contributed by atoms with Crippen LogP contribution in [0.25, 0.3) is 5.57 Å². The minimum absolute atomic E-state index is 0. The molecular formula is C31H40FNO4. The molecule has 37 heavy (non-hydrogen) atoms. The summed E-state index contributed by atoms with van der Waals surface area (Å²) < 4.78 is 24.6. The molecule has 1 N–H and O–H groups in total. The number of hydrogen-bond donors (Lipinski definition) is 1. The summed E-state index contributed by atoms with van der Waals surface area (Å²) in [6, 6.07) is 6.89. The van der Waals surface area contributed by atoms with Crippen molar-refractivity contribution in [3.63, 3.8) is 0 Å². The van der Waals surface area contributed by atoms with Crippen LogP contribution in [0.15, 0.2) is 54.1 Å². The maximum absolute atomic E-state index is 13.8. The number of ether oxygens (including phenoxy) is 2. The number of carbonyl (C=O) groups excluding carboxylic acids is 2. The van der Waals surface area contributed by atoms with E-state index >= 15 is 0 Å². The summed E-state index contributed by atoms with van der Waals surface area (Å²) in [4.78, 5) is 24.7. The van der Waals surface area contributed by atoms with Crippen molar-refractivity contribution in [2.75, 3.05) is 6.61 Å². The quantitative estimate of drug-likeness (QED) is 0.448. The minimum atomic E-state index is -0.353. The number of rotatable bonds is 5. The second kappa shape index (κ2) is 10.8. The molecule has 3 aliphatic carbocycles. The number of esters is 1. The topological polar surface area (TPSA) is 64.6 Å². The average Bonchev–Trinajstić information content (AvgIpc) is 3.14. The van der Waals surface area contributed by atoms with Gasteiger partial charge in [0.2, 0.25) is 0 Å². The Kier molecular flexibility index (Phi) is 7.55. The number of halogens is 1. The molecule has 0 aromatic heterocycles. The SMILES string of the molecule is CCOC(=O)N[C@@H]1CC[C@H]2[C@H](C1)C[C@@H]1C(=O)O[C@H](C)[C@@H]1[C@@H]2/C=C/C1=CC=C(c2cccc(F)c2)C(C)C1.[HH]. The molecule has 4 aliphatic rings. The standard InChI is InChI=1S/C31H38FNO4.H2/c1-4-36-31(35)33-24-10-13-26-22(16-24)17-28-29(19(3)37-30(28)34)27(26)12-9-20-8-11-25(18(2)14-20)21-6-5-7-23(32)15-21;/h5-9,11-12,15,18-19,22,24,26-29H,4,10,13-14,16-17H2,1-3H3,(H,33,35);1H/b12-9+;/t18?,19-,22-,24-,26+,27-,28+,29-;/m1./s1. The van der Waals surface area contributed by atoms with Gasteiger partial charge in [-0.15, -0.1) is 0 Å². The maximum atomic E-state index is 13.8. The van der Waals surface area contributed by atoms with Gasteiger partial charge in [-0.05, 0) is 98.5 Å². The molecule has 200 valence electrons. The van der Waals surface area contributed by atoms with Crippen molar-refractivity contribution in [2.45, 2.75) is 65.0 Å². The van der Waals surface area contributed by atoms with Gasteiger partial charge in [0.25, 0.3) is 0 Å². The first-order chi connectivity index (χ1) is 17.8. The lowest BCUT2D eigenvalue weighted by atomic mass is 9.57. The smallest absolute Gasteiger partial charge is 0.407 e. The minimum Gasteiger partial charge on any atom is -0.462 e. The molecule has 0 radical (unpaired) electrons. The zero-order chi connectivity index (χ0) is 26.1. The van der Waals surface area contributed by atoms with Gasteiger partial charge in [0.05, 0.1) is 12.5 Å². The van der Waals surface area contributed by atoms with Crippen molar-refractivity contribution in [1.82, 2.24) is 5.32 Å². The Labute approximate surface area is 220 Å². The Bertz CT molecular complexity index is 1130. The Balaban J connectivity index is 0.00000336. The molecule has 2 saturated carbocycles. The van der Waals surface area contributed by atoms with Gasteiger partial charge in [0.15, 0.2) is 0 Å². The lowest BCUT2D eigenvalue weighted by Crippen LogP contribution is -2.48. The van der Waals surface area contributed by atoms with Crippen LogP contribution in [0.3, 0.4) is 0 Å². The van der Waals surface area contributed by atoms with E-state index in [1.54, 1.807) is 12.1 Å². The van der Waals surface area contributed by atoms with Crippen LogP contribution >= 0.6 is 0 Å². The van der Waals surface area contributed by atoms with E-state index in [0.717, 1.165) is 43.2 Å². The van der Waals surface area contributed by atoms with Gasteiger partial charge >= 0.3 is 12.1 Å². The van der Waals surface area contributed by atoms with Gasteiger partial charge in [-0.2, -0.15) is 0 Å². The van der Waals surface area contributed by atoms with Crippen LogP contribution in [-0.4, -0.2) is 30.8 Å². The summed E-state index contributed by atoms with van der Waals surface area (Å²) in [6.45, 7) is 6.39. The summed E-state index contributed by atoms with van der Waals surface area (Å²) >= 11 is 0. The van der Waals surface area contributed by atoms with E-state index in [-0.39, 0.29) is 55.1 Å². The zero-order valence-corrected chi connectivity index (χ0v) is 22.0. The summed E-state index contributed by atoms with van der Waals surface area (Å²) in [5.74, 6) is 1.23. The summed E-state index contributed by atoms with van der Waals surface area (Å²) in [5, 5.41) is 3.02. The molecule has 5 nitrogen and oxygen atoms in total. The van der Waals surface area contributed by atoms with Gasteiger partial charge in [-0.1, -0.05) is 43.4 Å². The van der Waals surface area contributed by atoms with Crippen LogP contribution in [0, 0.1) is 41.3 Å². The van der Waals surface area contributed by atoms with E-state index in [0.29, 0.717) is 18.4 Å². The van der Waals surface area contributed by atoms with Crippen LogP contribution in [0.1, 0.15) is 59.9 Å². The fourth-order valence-corrected chi connectivity index (χ4v) is 7.39. The predicted molar refractivity (Wildman–Crippen MR) is 143 cm³/mol. The van der Waals surface area contributed by atoms with Crippen molar-refractivity contribution in [1.29, 1.82) is 0 Å². The first kappa shape index (κ1) is 25.7. The number of allylic oxidation sites excluding steroid dienone is 6. The third kappa shape index (κ3) is 5.39. The highest BCUT2D eigenvalue weighted by Crippen LogP contribution is 2.53. The van der Waals surface area contributed by atoms with Gasteiger partial charge < -0.3 is 14.8 Å². The molecule has 1 heterocycles. The molecule has 8 atom stereocenters. The highest BCUT2D eigenvalue weighted by atomic mass is 19.1. The number of amides is 1. The Morgan fingerprint density at radius 1 is 1.24 bits per heavy atom. The molecular weight excluding hydrogens is 469 g/mol. The fraction of sp³-hybridized carbons (Fsp3) is 0.548. The van der Waals surface area contributed by atoms with E-state index in [2.05, 4.69) is 36.5 Å². The number of hydrogen-bond acceptors (Lipinski definition) is 4. The van der Waals surface area contributed by atoms with E-state index in [1.165, 1.54) is 11.6 Å². The average molecular weight is 510 g/mol. The van der Waals surface area contributed by atoms with E-state index in [4.69, 9.17) is 9.47 Å². The lowest BCUT2D eigenvalue weighted by Gasteiger charge is -2.47. The van der Waals surface area contributed by atoms with Crippen molar-refractivity contribution >= 4 is 17.6 Å². The third-order valence-electron chi connectivity index (χ3n) is 8.99. The highest BCUT2D eigenvalue weighted by molar-refractivity contribution is 5.75. The first-order valence-electron chi connectivity index (χ1n) is 13.8. The molecule has 1 amide bonds. The van der Waals surface area contributed by atoms with E-state index < -0.39 is 0 Å². The molecule has 1 saturated heterocycles. The Morgan fingerprint density at radius 2 is 2.08 bits per heavy atom. The van der Waals surface area contributed by atoms with Gasteiger partial charge in [0.1, 0.15) is 11.9 Å². The highest BCUT2D eigenvalue weighted by Gasteiger charge is 2.54. The van der Waals surface area contributed by atoms with Crippen molar-refractivity contribution in [3.8, 4) is 0 Å². The number of fused-ring (bicyclic) bond motifs is 2. The molecule has 5 rings (SSSR count). The molecule has 1 aromatic rings. The summed E-state index contributed by atoms with van der Waals surface area (Å²) in [7, 11) is 0. The third-order valence-corrected chi connectivity index (χ3v) is 8.99. The largest absolute Gasteiger partial charge is 0.462 e. The maximum Gasteiger partial charge on any atom is 0.407 e. The van der Waals surface area contributed by atoms with Gasteiger partial charge in [-0.3, -0.25) is 4.79 Å². The zero-order valence-electron chi connectivity index (χ0n) is 22.0. The number of carbonyl (C=O) groups is 2. The molecule has 1 aliphatic heterocycles. The van der Waals surface area contributed by atoms with E-state index in [9.17, 15) is 14.0 Å². The van der Waals surface area contributed by atoms with Gasteiger partial charge in [-0.25, -0.2) is 9.18 Å². The van der Waals surface area contributed by atoms with Crippen molar-refractivity contribution in [2.24, 2.45) is 35.5 Å². The van der Waals surface area contributed by atoms with Crippen LogP contribution in [-0.2, 0) is 14.3 Å². The number of benzene rings is 1. The Hall–Kier alpha value is -2.89. The lowest BCUT2D eigenvalue weighted by molar-refractivity contribution is -0.144. The first-order valence-corrected chi connectivity index (χ1v) is 13.8. The van der Waals surface area contributed by atoms with Crippen molar-refractivity contribution < 1.29 is 24.9 Å². The second-order valence-corrected chi connectivity index (χ2v) is 11.3. The monoisotopic (exact) mass is 509 g/mol. The fourth-order valence-electron chi connectivity index (χ4n) is 7.39. The molecule has 0 bridgehead atoms. The number of cyclic esters (lactones) is 1. The van der Waals surface area contributed by atoms with Crippen molar-refractivity contribution in [3.05, 3.63) is 65.5 Å². The second-order valence-electron chi connectivity index (χ2n) is 11.3. The normalized spacial score (nSPS) is 35.2. The number of alkyl carbamates (subject to hydrolysis) is 1. The predicted octanol–water partition coefficient (Wildman–Crippen LogP) is 6.71. The molecule has 6 heteroatoms. The van der Waals surface area contributed by atoms with Crippen LogP contribution < -0.4 is 5.32 Å². The summed E-state index contributed by atoms with van der Waals surface area (Å²) in [6.07, 6.45) is 13.0. The van der Waals surface area contributed by atoms with Crippen LogP contribution in [0.2, 0.25) is 0 Å². The van der Waals surface area contributed by atoms with Crippen LogP contribution in [0.4, 0.5) is 9.18 Å². The molecule has 1 aromatic carbocycles.